The summed E-state index contributed by atoms with van der Waals surface area (Å²) in [6.45, 7) is 5.57. The van der Waals surface area contributed by atoms with Crippen LogP contribution < -0.4 is 5.32 Å². The molecule has 0 aromatic carbocycles. The van der Waals surface area contributed by atoms with E-state index >= 15 is 0 Å². The molecule has 106 valence electrons. The maximum absolute atomic E-state index is 12.2. The van der Waals surface area contributed by atoms with Crippen LogP contribution in [0.15, 0.2) is 15.9 Å². The van der Waals surface area contributed by atoms with Gasteiger partial charge in [0.2, 0.25) is 0 Å². The average Bonchev–Trinajstić information content (AvgIpc) is 2.90. The summed E-state index contributed by atoms with van der Waals surface area (Å²) >= 11 is 4.97. The van der Waals surface area contributed by atoms with E-state index in [2.05, 4.69) is 26.2 Å². The molecule has 6 heteroatoms. The number of amides is 1. The highest BCUT2D eigenvalue weighted by Gasteiger charge is 2.19. The maximum atomic E-state index is 12.2. The first-order valence-electron chi connectivity index (χ1n) is 6.12. The van der Waals surface area contributed by atoms with Gasteiger partial charge >= 0.3 is 0 Å². The highest BCUT2D eigenvalue weighted by molar-refractivity contribution is 9.11. The number of thiophene rings is 1. The van der Waals surface area contributed by atoms with Crippen molar-refractivity contribution in [2.75, 3.05) is 0 Å². The molecule has 0 aliphatic carbocycles. The molecule has 0 fully saturated rings. The molecule has 2 heterocycles. The largest absolute Gasteiger partial charge is 0.354 e. The Kier molecular flexibility index (Phi) is 4.45. The van der Waals surface area contributed by atoms with Crippen LogP contribution in [0.3, 0.4) is 0 Å². The lowest BCUT2D eigenvalue weighted by Crippen LogP contribution is -2.23. The van der Waals surface area contributed by atoms with Crippen LogP contribution in [-0.4, -0.2) is 16.7 Å². The van der Waals surface area contributed by atoms with Gasteiger partial charge in [-0.05, 0) is 54.4 Å². The SMILES string of the molecule is CC(=O)c1c(C)[nH]c(C(=O)NCc2ccc(Br)s2)c1C. The first-order chi connectivity index (χ1) is 9.40. The Morgan fingerprint density at radius 3 is 2.55 bits per heavy atom. The molecule has 0 spiro atoms. The van der Waals surface area contributed by atoms with Gasteiger partial charge in [-0.1, -0.05) is 0 Å². The molecule has 2 N–H and O–H groups in total. The van der Waals surface area contributed by atoms with Gasteiger partial charge in [0, 0.05) is 16.1 Å². The highest BCUT2D eigenvalue weighted by atomic mass is 79.9. The number of Topliss-reactive ketones (excluding diaryl/α,β-unsaturated/α-hetero) is 1. The zero-order valence-corrected chi connectivity index (χ0v) is 13.9. The van der Waals surface area contributed by atoms with E-state index in [1.165, 1.54) is 6.92 Å². The average molecular weight is 355 g/mol. The Balaban J connectivity index is 2.14. The van der Waals surface area contributed by atoms with Crippen LogP contribution in [0.1, 0.15) is 43.9 Å². The molecule has 4 nitrogen and oxygen atoms in total. The number of rotatable bonds is 4. The number of ketones is 1. The van der Waals surface area contributed by atoms with Gasteiger partial charge in [0.25, 0.3) is 5.91 Å². The Labute approximate surface area is 129 Å². The molecule has 0 aliphatic rings. The van der Waals surface area contributed by atoms with Crippen LogP contribution in [0, 0.1) is 13.8 Å². The summed E-state index contributed by atoms with van der Waals surface area (Å²) in [6, 6.07) is 3.91. The minimum absolute atomic E-state index is 0.0301. The molecular weight excluding hydrogens is 340 g/mol. The predicted octanol–water partition coefficient (Wildman–Crippen LogP) is 3.59. The number of aryl methyl sites for hydroxylation is 1. The number of aromatic nitrogens is 1. The Morgan fingerprint density at radius 1 is 1.35 bits per heavy atom. The number of carbonyl (C=O) groups is 2. The van der Waals surface area contributed by atoms with Crippen molar-refractivity contribution >= 4 is 39.0 Å². The van der Waals surface area contributed by atoms with Crippen molar-refractivity contribution in [1.29, 1.82) is 0 Å². The second kappa shape index (κ2) is 5.93. The van der Waals surface area contributed by atoms with Crippen molar-refractivity contribution < 1.29 is 9.59 Å². The maximum Gasteiger partial charge on any atom is 0.268 e. The van der Waals surface area contributed by atoms with E-state index in [1.807, 2.05) is 12.1 Å². The first-order valence-corrected chi connectivity index (χ1v) is 7.73. The Morgan fingerprint density at radius 2 is 2.05 bits per heavy atom. The van der Waals surface area contributed by atoms with Crippen molar-refractivity contribution in [3.05, 3.63) is 43.3 Å². The Hall–Kier alpha value is -1.40. The molecule has 20 heavy (non-hydrogen) atoms. The van der Waals surface area contributed by atoms with Crippen molar-refractivity contribution in [2.24, 2.45) is 0 Å². The van der Waals surface area contributed by atoms with Crippen molar-refractivity contribution in [3.63, 3.8) is 0 Å². The molecule has 2 aromatic heterocycles. The standard InChI is InChI=1S/C14H15BrN2O2S/c1-7-12(9(3)18)8(2)17-13(7)14(19)16-6-10-4-5-11(15)20-10/h4-5,17H,6H2,1-3H3,(H,16,19). The number of hydrogen-bond donors (Lipinski definition) is 2. The number of carbonyl (C=O) groups excluding carboxylic acids is 2. The zero-order valence-electron chi connectivity index (χ0n) is 11.5. The van der Waals surface area contributed by atoms with Gasteiger partial charge in [-0.3, -0.25) is 9.59 Å². The lowest BCUT2D eigenvalue weighted by Gasteiger charge is -2.03. The third-order valence-corrected chi connectivity index (χ3v) is 4.69. The van der Waals surface area contributed by atoms with E-state index in [9.17, 15) is 9.59 Å². The van der Waals surface area contributed by atoms with Gasteiger partial charge in [-0.2, -0.15) is 0 Å². The smallest absolute Gasteiger partial charge is 0.268 e. The van der Waals surface area contributed by atoms with Crippen LogP contribution in [-0.2, 0) is 6.54 Å². The Bertz CT molecular complexity index is 673. The van der Waals surface area contributed by atoms with E-state index < -0.39 is 0 Å². The summed E-state index contributed by atoms with van der Waals surface area (Å²) in [5, 5.41) is 2.86. The molecule has 0 aliphatic heterocycles. The third-order valence-electron chi connectivity index (χ3n) is 3.07. The summed E-state index contributed by atoms with van der Waals surface area (Å²) < 4.78 is 1.03. The number of nitrogens with one attached hydrogen (secondary N) is 2. The second-order valence-corrected chi connectivity index (χ2v) is 7.12. The number of aromatic amines is 1. The number of H-pyrrole nitrogens is 1. The number of hydrogen-bond acceptors (Lipinski definition) is 3. The molecule has 0 radical (unpaired) electrons. The molecule has 0 bridgehead atoms. The van der Waals surface area contributed by atoms with Crippen molar-refractivity contribution in [2.45, 2.75) is 27.3 Å². The topological polar surface area (TPSA) is 62.0 Å². The first kappa shape index (κ1) is 15.0. The van der Waals surface area contributed by atoms with Gasteiger partial charge in [0.1, 0.15) is 5.69 Å². The molecule has 0 atom stereocenters. The minimum Gasteiger partial charge on any atom is -0.354 e. The normalized spacial score (nSPS) is 10.6. The van der Waals surface area contributed by atoms with Gasteiger partial charge in [0.05, 0.1) is 10.3 Å². The minimum atomic E-state index is -0.192. The molecule has 1 amide bonds. The monoisotopic (exact) mass is 354 g/mol. The van der Waals surface area contributed by atoms with Gasteiger partial charge in [-0.25, -0.2) is 0 Å². The van der Waals surface area contributed by atoms with E-state index in [1.54, 1.807) is 25.2 Å². The molecule has 0 unspecified atom stereocenters. The van der Waals surface area contributed by atoms with Crippen LogP contribution >= 0.6 is 27.3 Å². The van der Waals surface area contributed by atoms with E-state index in [0.717, 1.165) is 14.4 Å². The zero-order chi connectivity index (χ0) is 14.9. The summed E-state index contributed by atoms with van der Waals surface area (Å²) in [4.78, 5) is 27.8. The number of halogens is 1. The molecule has 2 rings (SSSR count). The highest BCUT2D eigenvalue weighted by Crippen LogP contribution is 2.22. The summed E-state index contributed by atoms with van der Waals surface area (Å²) in [5.74, 6) is -0.222. The fraction of sp³-hybridized carbons (Fsp3) is 0.286. The lowest BCUT2D eigenvalue weighted by molar-refractivity contribution is 0.0946. The van der Waals surface area contributed by atoms with E-state index in [-0.39, 0.29) is 11.7 Å². The van der Waals surface area contributed by atoms with Crippen LogP contribution in [0.4, 0.5) is 0 Å². The fourth-order valence-electron chi connectivity index (χ4n) is 2.21. The predicted molar refractivity (Wildman–Crippen MR) is 83.5 cm³/mol. The van der Waals surface area contributed by atoms with Crippen molar-refractivity contribution in [1.82, 2.24) is 10.3 Å². The van der Waals surface area contributed by atoms with Crippen LogP contribution in [0.2, 0.25) is 0 Å². The van der Waals surface area contributed by atoms with Crippen molar-refractivity contribution in [3.8, 4) is 0 Å². The van der Waals surface area contributed by atoms with Gasteiger partial charge < -0.3 is 10.3 Å². The fourth-order valence-corrected chi connectivity index (χ4v) is 3.63. The van der Waals surface area contributed by atoms with E-state index in [4.69, 9.17) is 0 Å². The summed E-state index contributed by atoms with van der Waals surface area (Å²) in [5.41, 5.74) is 2.51. The van der Waals surface area contributed by atoms with Crippen LogP contribution in [0.25, 0.3) is 0 Å². The lowest BCUT2D eigenvalue weighted by atomic mass is 10.1. The molecule has 0 saturated carbocycles. The summed E-state index contributed by atoms with van der Waals surface area (Å²) in [6.07, 6.45) is 0. The summed E-state index contributed by atoms with van der Waals surface area (Å²) in [7, 11) is 0. The molecular formula is C14H15BrN2O2S. The molecule has 0 saturated heterocycles. The van der Waals surface area contributed by atoms with E-state index in [0.29, 0.717) is 23.4 Å². The molecule has 2 aromatic rings. The van der Waals surface area contributed by atoms with Gasteiger partial charge in [0.15, 0.2) is 5.78 Å². The van der Waals surface area contributed by atoms with Crippen LogP contribution in [0.5, 0.6) is 0 Å². The quantitative estimate of drug-likeness (QED) is 0.824. The second-order valence-electron chi connectivity index (χ2n) is 4.57. The third kappa shape index (κ3) is 3.02. The van der Waals surface area contributed by atoms with Gasteiger partial charge in [-0.15, -0.1) is 11.3 Å².